The molecule has 106 valence electrons. The molecule has 0 unspecified atom stereocenters. The van der Waals surface area contributed by atoms with Crippen LogP contribution in [-0.4, -0.2) is 18.0 Å². The highest BCUT2D eigenvalue weighted by atomic mass is 32.1. The predicted octanol–water partition coefficient (Wildman–Crippen LogP) is 3.87. The fraction of sp³-hybridized carbons (Fsp3) is 0.125. The molecule has 0 saturated heterocycles. The second kappa shape index (κ2) is 5.54. The highest BCUT2D eigenvalue weighted by Crippen LogP contribution is 2.25. The SMILES string of the molecule is COc1ccc2cccc(NC(=O)c3cc(C)cs3)c2n1. The number of methoxy groups -OCH3 is 1. The average molecular weight is 298 g/mol. The molecule has 0 aliphatic heterocycles. The van der Waals surface area contributed by atoms with E-state index in [0.717, 1.165) is 16.5 Å². The van der Waals surface area contributed by atoms with Crippen molar-refractivity contribution in [2.45, 2.75) is 6.92 Å². The van der Waals surface area contributed by atoms with Gasteiger partial charge in [0.15, 0.2) is 0 Å². The van der Waals surface area contributed by atoms with E-state index < -0.39 is 0 Å². The van der Waals surface area contributed by atoms with Crippen LogP contribution in [0.5, 0.6) is 5.88 Å². The van der Waals surface area contributed by atoms with Crippen LogP contribution in [0, 0.1) is 6.92 Å². The third-order valence-electron chi connectivity index (χ3n) is 3.11. The number of ether oxygens (including phenoxy) is 1. The molecule has 3 aromatic rings. The maximum absolute atomic E-state index is 12.3. The largest absolute Gasteiger partial charge is 0.481 e. The Morgan fingerprint density at radius 3 is 2.86 bits per heavy atom. The minimum Gasteiger partial charge on any atom is -0.481 e. The van der Waals surface area contributed by atoms with Gasteiger partial charge in [-0.1, -0.05) is 12.1 Å². The summed E-state index contributed by atoms with van der Waals surface area (Å²) in [5.74, 6) is 0.404. The molecule has 0 fully saturated rings. The van der Waals surface area contributed by atoms with Crippen LogP contribution < -0.4 is 10.1 Å². The van der Waals surface area contributed by atoms with Crippen molar-refractivity contribution < 1.29 is 9.53 Å². The number of thiophene rings is 1. The molecule has 0 saturated carbocycles. The number of carbonyl (C=O) groups excluding carboxylic acids is 1. The van der Waals surface area contributed by atoms with Gasteiger partial charge in [0.1, 0.15) is 0 Å². The molecule has 5 heteroatoms. The van der Waals surface area contributed by atoms with Crippen LogP contribution >= 0.6 is 11.3 Å². The van der Waals surface area contributed by atoms with Gasteiger partial charge in [0.05, 0.1) is 23.2 Å². The molecular formula is C16H14N2O2S. The van der Waals surface area contributed by atoms with E-state index in [0.29, 0.717) is 16.4 Å². The lowest BCUT2D eigenvalue weighted by Gasteiger charge is -2.08. The molecule has 3 rings (SSSR count). The van der Waals surface area contributed by atoms with E-state index in [4.69, 9.17) is 4.74 Å². The fourth-order valence-corrected chi connectivity index (χ4v) is 2.87. The van der Waals surface area contributed by atoms with Crippen molar-refractivity contribution in [3.8, 4) is 5.88 Å². The molecule has 0 radical (unpaired) electrons. The van der Waals surface area contributed by atoms with Crippen molar-refractivity contribution in [3.05, 3.63) is 52.2 Å². The zero-order valence-corrected chi connectivity index (χ0v) is 12.5. The van der Waals surface area contributed by atoms with Gasteiger partial charge < -0.3 is 10.1 Å². The first kappa shape index (κ1) is 13.6. The Labute approximate surface area is 126 Å². The first-order valence-corrected chi connectivity index (χ1v) is 7.35. The molecule has 0 bridgehead atoms. The van der Waals surface area contributed by atoms with Crippen molar-refractivity contribution in [1.82, 2.24) is 4.98 Å². The number of anilines is 1. The normalized spacial score (nSPS) is 10.6. The van der Waals surface area contributed by atoms with E-state index in [1.165, 1.54) is 11.3 Å². The maximum atomic E-state index is 12.3. The number of nitrogens with zero attached hydrogens (tertiary/aromatic N) is 1. The Balaban J connectivity index is 1.98. The smallest absolute Gasteiger partial charge is 0.265 e. The zero-order chi connectivity index (χ0) is 14.8. The Hall–Kier alpha value is -2.40. The van der Waals surface area contributed by atoms with Gasteiger partial charge in [-0.15, -0.1) is 11.3 Å². The third kappa shape index (κ3) is 2.73. The summed E-state index contributed by atoms with van der Waals surface area (Å²) in [5.41, 5.74) is 2.49. The molecule has 2 heterocycles. The molecule has 0 spiro atoms. The number of pyridine rings is 1. The molecule has 0 aliphatic carbocycles. The average Bonchev–Trinajstić information content (AvgIpc) is 2.94. The summed E-state index contributed by atoms with van der Waals surface area (Å²) in [7, 11) is 1.57. The number of aryl methyl sites for hydroxylation is 1. The summed E-state index contributed by atoms with van der Waals surface area (Å²) in [6, 6.07) is 11.3. The predicted molar refractivity (Wildman–Crippen MR) is 85.3 cm³/mol. The Morgan fingerprint density at radius 2 is 2.14 bits per heavy atom. The van der Waals surface area contributed by atoms with Crippen molar-refractivity contribution >= 4 is 33.8 Å². The van der Waals surface area contributed by atoms with Crippen LogP contribution in [0.1, 0.15) is 15.2 Å². The lowest BCUT2D eigenvalue weighted by atomic mass is 10.2. The standard InChI is InChI=1S/C16H14N2O2S/c1-10-8-13(21-9-10)16(19)17-12-5-3-4-11-6-7-14(20-2)18-15(11)12/h3-9H,1-2H3,(H,17,19). The molecule has 0 aliphatic rings. The third-order valence-corrected chi connectivity index (χ3v) is 4.15. The molecule has 4 nitrogen and oxygen atoms in total. The van der Waals surface area contributed by atoms with Crippen molar-refractivity contribution in [3.63, 3.8) is 0 Å². The first-order chi connectivity index (χ1) is 10.2. The molecule has 1 amide bonds. The molecule has 1 aromatic carbocycles. The monoisotopic (exact) mass is 298 g/mol. The van der Waals surface area contributed by atoms with E-state index in [2.05, 4.69) is 10.3 Å². The van der Waals surface area contributed by atoms with Gasteiger partial charge in [-0.25, -0.2) is 4.98 Å². The fourth-order valence-electron chi connectivity index (χ4n) is 2.08. The molecule has 0 atom stereocenters. The highest BCUT2D eigenvalue weighted by Gasteiger charge is 2.11. The van der Waals surface area contributed by atoms with Gasteiger partial charge in [-0.3, -0.25) is 4.79 Å². The van der Waals surface area contributed by atoms with Gasteiger partial charge in [0.25, 0.3) is 5.91 Å². The molecule has 1 N–H and O–H groups in total. The number of nitrogens with one attached hydrogen (secondary N) is 1. The number of aromatic nitrogens is 1. The van der Waals surface area contributed by atoms with E-state index in [9.17, 15) is 4.79 Å². The summed E-state index contributed by atoms with van der Waals surface area (Å²) >= 11 is 1.43. The molecule has 2 aromatic heterocycles. The van der Waals surface area contributed by atoms with Crippen LogP contribution in [-0.2, 0) is 0 Å². The van der Waals surface area contributed by atoms with Crippen molar-refractivity contribution in [2.75, 3.05) is 12.4 Å². The quantitative estimate of drug-likeness (QED) is 0.798. The number of para-hydroxylation sites is 1. The Kier molecular flexibility index (Phi) is 3.58. The number of benzene rings is 1. The van der Waals surface area contributed by atoms with Crippen LogP contribution in [0.4, 0.5) is 5.69 Å². The van der Waals surface area contributed by atoms with Crippen molar-refractivity contribution in [1.29, 1.82) is 0 Å². The van der Waals surface area contributed by atoms with E-state index >= 15 is 0 Å². The second-order valence-electron chi connectivity index (χ2n) is 4.67. The number of carbonyl (C=O) groups is 1. The summed E-state index contributed by atoms with van der Waals surface area (Å²) < 4.78 is 5.15. The second-order valence-corrected chi connectivity index (χ2v) is 5.58. The topological polar surface area (TPSA) is 51.2 Å². The minimum atomic E-state index is -0.120. The Morgan fingerprint density at radius 1 is 1.29 bits per heavy atom. The van der Waals surface area contributed by atoms with E-state index in [-0.39, 0.29) is 5.91 Å². The van der Waals surface area contributed by atoms with Gasteiger partial charge in [0.2, 0.25) is 5.88 Å². The first-order valence-electron chi connectivity index (χ1n) is 6.47. The summed E-state index contributed by atoms with van der Waals surface area (Å²) in [4.78, 5) is 17.4. The molecular weight excluding hydrogens is 284 g/mol. The van der Waals surface area contributed by atoms with Crippen molar-refractivity contribution in [2.24, 2.45) is 0 Å². The van der Waals surface area contributed by atoms with Crippen LogP contribution in [0.3, 0.4) is 0 Å². The van der Waals surface area contributed by atoms with Crippen LogP contribution in [0.2, 0.25) is 0 Å². The van der Waals surface area contributed by atoms with Gasteiger partial charge in [0, 0.05) is 11.5 Å². The lowest BCUT2D eigenvalue weighted by molar-refractivity contribution is 0.103. The van der Waals surface area contributed by atoms with E-state index in [1.807, 2.05) is 42.6 Å². The summed E-state index contributed by atoms with van der Waals surface area (Å²) in [6.45, 7) is 1.97. The number of amides is 1. The maximum Gasteiger partial charge on any atom is 0.265 e. The zero-order valence-electron chi connectivity index (χ0n) is 11.7. The van der Waals surface area contributed by atoms with Gasteiger partial charge >= 0.3 is 0 Å². The summed E-state index contributed by atoms with van der Waals surface area (Å²) in [5, 5.41) is 5.83. The number of hydrogen-bond acceptors (Lipinski definition) is 4. The van der Waals surface area contributed by atoms with E-state index in [1.54, 1.807) is 13.2 Å². The summed E-state index contributed by atoms with van der Waals surface area (Å²) in [6.07, 6.45) is 0. The van der Waals surface area contributed by atoms with Crippen LogP contribution in [0.25, 0.3) is 10.9 Å². The number of hydrogen-bond donors (Lipinski definition) is 1. The molecule has 21 heavy (non-hydrogen) atoms. The van der Waals surface area contributed by atoms with Gasteiger partial charge in [-0.2, -0.15) is 0 Å². The lowest BCUT2D eigenvalue weighted by Crippen LogP contribution is -2.10. The van der Waals surface area contributed by atoms with Gasteiger partial charge in [-0.05, 0) is 36.1 Å². The minimum absolute atomic E-state index is 0.120. The number of rotatable bonds is 3. The van der Waals surface area contributed by atoms with Crippen LogP contribution in [0.15, 0.2) is 41.8 Å². The number of fused-ring (bicyclic) bond motifs is 1. The Bertz CT molecular complexity index is 811. The highest BCUT2D eigenvalue weighted by molar-refractivity contribution is 7.12.